The van der Waals surface area contributed by atoms with Crippen LogP contribution in [0, 0.1) is 5.92 Å². The Labute approximate surface area is 111 Å². The van der Waals surface area contributed by atoms with Gasteiger partial charge >= 0.3 is 0 Å². The van der Waals surface area contributed by atoms with Gasteiger partial charge in [0.05, 0.1) is 6.54 Å². The van der Waals surface area contributed by atoms with Crippen LogP contribution in [0.4, 0.5) is 0 Å². The molecule has 1 aromatic heterocycles. The molecule has 0 saturated carbocycles. The molecule has 4 nitrogen and oxygen atoms in total. The molecule has 0 aliphatic rings. The summed E-state index contributed by atoms with van der Waals surface area (Å²) in [6.45, 7) is 10.6. The molecular formula is C14H28N4. The van der Waals surface area contributed by atoms with Crippen LogP contribution in [0.5, 0.6) is 0 Å². The minimum absolute atomic E-state index is 0.484. The van der Waals surface area contributed by atoms with E-state index in [0.29, 0.717) is 6.04 Å². The van der Waals surface area contributed by atoms with Crippen molar-refractivity contribution in [1.29, 1.82) is 0 Å². The molecule has 1 heterocycles. The molecule has 1 unspecified atom stereocenters. The van der Waals surface area contributed by atoms with Crippen molar-refractivity contribution in [3.63, 3.8) is 0 Å². The monoisotopic (exact) mass is 252 g/mol. The maximum Gasteiger partial charge on any atom is 0.140 e. The van der Waals surface area contributed by atoms with Crippen molar-refractivity contribution in [1.82, 2.24) is 20.1 Å². The van der Waals surface area contributed by atoms with Crippen LogP contribution in [0.3, 0.4) is 0 Å². The van der Waals surface area contributed by atoms with Gasteiger partial charge in [0, 0.05) is 12.6 Å². The first-order valence-electron chi connectivity index (χ1n) is 7.27. The Bertz CT molecular complexity index is 319. The van der Waals surface area contributed by atoms with Gasteiger partial charge in [-0.2, -0.15) is 5.10 Å². The second-order valence-electron chi connectivity index (χ2n) is 5.31. The van der Waals surface area contributed by atoms with Gasteiger partial charge < -0.3 is 5.32 Å². The quantitative estimate of drug-likeness (QED) is 0.734. The zero-order valence-electron chi connectivity index (χ0n) is 12.3. The molecule has 104 valence electrons. The first-order chi connectivity index (χ1) is 8.67. The highest BCUT2D eigenvalue weighted by molar-refractivity contribution is 4.85. The summed E-state index contributed by atoms with van der Waals surface area (Å²) in [5, 5.41) is 7.75. The molecule has 1 rings (SSSR count). The largest absolute Gasteiger partial charge is 0.308 e. The van der Waals surface area contributed by atoms with Gasteiger partial charge in [-0.25, -0.2) is 9.67 Å². The maximum atomic E-state index is 4.36. The van der Waals surface area contributed by atoms with Crippen molar-refractivity contribution in [3.8, 4) is 0 Å². The van der Waals surface area contributed by atoms with E-state index in [1.54, 1.807) is 6.33 Å². The number of unbranched alkanes of at least 4 members (excludes halogenated alkanes) is 1. The van der Waals surface area contributed by atoms with E-state index < -0.39 is 0 Å². The van der Waals surface area contributed by atoms with Gasteiger partial charge in [-0.05, 0) is 12.3 Å². The normalized spacial score (nSPS) is 13.2. The summed E-state index contributed by atoms with van der Waals surface area (Å²) in [5.74, 6) is 1.78. The highest BCUT2D eigenvalue weighted by atomic mass is 15.3. The molecular weight excluding hydrogens is 224 g/mol. The SMILES string of the molecule is CCCCC(CC)Cn1ncnc1CNC(C)C. The molecule has 0 aliphatic carbocycles. The van der Waals surface area contributed by atoms with Crippen LogP contribution in [-0.2, 0) is 13.1 Å². The number of nitrogens with one attached hydrogen (secondary N) is 1. The Morgan fingerprint density at radius 2 is 2.11 bits per heavy atom. The molecule has 0 radical (unpaired) electrons. The number of nitrogens with zero attached hydrogens (tertiary/aromatic N) is 3. The van der Waals surface area contributed by atoms with Crippen LogP contribution in [0.25, 0.3) is 0 Å². The van der Waals surface area contributed by atoms with Crippen molar-refractivity contribution in [2.75, 3.05) is 0 Å². The second-order valence-corrected chi connectivity index (χ2v) is 5.31. The Morgan fingerprint density at radius 1 is 1.33 bits per heavy atom. The number of hydrogen-bond acceptors (Lipinski definition) is 3. The van der Waals surface area contributed by atoms with Gasteiger partial charge in [0.1, 0.15) is 12.2 Å². The number of aromatic nitrogens is 3. The average molecular weight is 252 g/mol. The lowest BCUT2D eigenvalue weighted by atomic mass is 9.99. The molecule has 0 aromatic carbocycles. The van der Waals surface area contributed by atoms with E-state index >= 15 is 0 Å². The van der Waals surface area contributed by atoms with Gasteiger partial charge in [-0.1, -0.05) is 47.0 Å². The summed E-state index contributed by atoms with van der Waals surface area (Å²) in [6, 6.07) is 0.484. The van der Waals surface area contributed by atoms with Gasteiger partial charge in [0.25, 0.3) is 0 Å². The third-order valence-electron chi connectivity index (χ3n) is 3.34. The van der Waals surface area contributed by atoms with Gasteiger partial charge in [-0.15, -0.1) is 0 Å². The Morgan fingerprint density at radius 3 is 2.72 bits per heavy atom. The number of hydrogen-bond donors (Lipinski definition) is 1. The zero-order valence-corrected chi connectivity index (χ0v) is 12.3. The summed E-state index contributed by atoms with van der Waals surface area (Å²) in [4.78, 5) is 4.35. The molecule has 4 heteroatoms. The molecule has 18 heavy (non-hydrogen) atoms. The molecule has 0 spiro atoms. The van der Waals surface area contributed by atoms with Crippen LogP contribution in [-0.4, -0.2) is 20.8 Å². The molecule has 0 bridgehead atoms. The van der Waals surface area contributed by atoms with E-state index in [1.165, 1.54) is 25.7 Å². The first-order valence-corrected chi connectivity index (χ1v) is 7.27. The van der Waals surface area contributed by atoms with E-state index in [9.17, 15) is 0 Å². The molecule has 1 N–H and O–H groups in total. The summed E-state index contributed by atoms with van der Waals surface area (Å²) in [7, 11) is 0. The van der Waals surface area contributed by atoms with Crippen LogP contribution < -0.4 is 5.32 Å². The third kappa shape index (κ3) is 5.17. The lowest BCUT2D eigenvalue weighted by molar-refractivity contribution is 0.361. The van der Waals surface area contributed by atoms with E-state index in [0.717, 1.165) is 24.8 Å². The maximum absolute atomic E-state index is 4.36. The Hall–Kier alpha value is -0.900. The predicted molar refractivity (Wildman–Crippen MR) is 75.3 cm³/mol. The van der Waals surface area contributed by atoms with Crippen LogP contribution >= 0.6 is 0 Å². The third-order valence-corrected chi connectivity index (χ3v) is 3.34. The Kier molecular flexibility index (Phi) is 6.94. The topological polar surface area (TPSA) is 42.7 Å². The van der Waals surface area contributed by atoms with Crippen molar-refractivity contribution >= 4 is 0 Å². The van der Waals surface area contributed by atoms with Crippen molar-refractivity contribution in [2.24, 2.45) is 5.92 Å². The van der Waals surface area contributed by atoms with E-state index in [-0.39, 0.29) is 0 Å². The lowest BCUT2D eigenvalue weighted by Gasteiger charge is -2.16. The van der Waals surface area contributed by atoms with Gasteiger partial charge in [0.15, 0.2) is 0 Å². The molecule has 1 atom stereocenters. The molecule has 0 aliphatic heterocycles. The summed E-state index contributed by atoms with van der Waals surface area (Å²) >= 11 is 0. The number of rotatable bonds is 9. The molecule has 0 amide bonds. The van der Waals surface area contributed by atoms with Crippen molar-refractivity contribution in [3.05, 3.63) is 12.2 Å². The average Bonchev–Trinajstić information content (AvgIpc) is 2.79. The second kappa shape index (κ2) is 8.25. The van der Waals surface area contributed by atoms with Gasteiger partial charge in [-0.3, -0.25) is 0 Å². The molecule has 0 saturated heterocycles. The van der Waals surface area contributed by atoms with E-state index in [2.05, 4.69) is 47.8 Å². The van der Waals surface area contributed by atoms with Gasteiger partial charge in [0.2, 0.25) is 0 Å². The minimum atomic E-state index is 0.484. The highest BCUT2D eigenvalue weighted by Gasteiger charge is 2.11. The summed E-state index contributed by atoms with van der Waals surface area (Å²) in [6.07, 6.45) is 6.77. The van der Waals surface area contributed by atoms with E-state index in [4.69, 9.17) is 0 Å². The first kappa shape index (κ1) is 15.2. The fourth-order valence-corrected chi connectivity index (χ4v) is 2.03. The Balaban J connectivity index is 2.51. The van der Waals surface area contributed by atoms with E-state index in [1.807, 2.05) is 0 Å². The van der Waals surface area contributed by atoms with Crippen molar-refractivity contribution in [2.45, 2.75) is 72.5 Å². The smallest absolute Gasteiger partial charge is 0.140 e. The predicted octanol–water partition coefficient (Wildman–Crippen LogP) is 2.99. The minimum Gasteiger partial charge on any atom is -0.308 e. The fraction of sp³-hybridized carbons (Fsp3) is 0.857. The summed E-state index contributed by atoms with van der Waals surface area (Å²) in [5.41, 5.74) is 0. The molecule has 0 fully saturated rings. The van der Waals surface area contributed by atoms with Crippen molar-refractivity contribution < 1.29 is 0 Å². The lowest BCUT2D eigenvalue weighted by Crippen LogP contribution is -2.25. The molecule has 1 aromatic rings. The highest BCUT2D eigenvalue weighted by Crippen LogP contribution is 2.15. The standard InChI is InChI=1S/C14H28N4/c1-5-7-8-13(6-2)10-18-14(16-11-17-18)9-15-12(3)4/h11-13,15H,5-10H2,1-4H3. The van der Waals surface area contributed by atoms with Crippen LogP contribution in [0.1, 0.15) is 59.2 Å². The zero-order chi connectivity index (χ0) is 13.4. The fourth-order valence-electron chi connectivity index (χ4n) is 2.03. The summed E-state index contributed by atoms with van der Waals surface area (Å²) < 4.78 is 2.07. The van der Waals surface area contributed by atoms with Crippen LogP contribution in [0.2, 0.25) is 0 Å². The van der Waals surface area contributed by atoms with Crippen LogP contribution in [0.15, 0.2) is 6.33 Å².